The van der Waals surface area contributed by atoms with Crippen LogP contribution in [0.1, 0.15) is 40.7 Å². The Morgan fingerprint density at radius 2 is 1.69 bits per heavy atom. The van der Waals surface area contributed by atoms with Crippen molar-refractivity contribution in [1.29, 1.82) is 0 Å². The molecular weight excluding hydrogens is 386 g/mol. The third-order valence-corrected chi connectivity index (χ3v) is 8.10. The van der Waals surface area contributed by atoms with E-state index in [-0.39, 0.29) is 23.1 Å². The van der Waals surface area contributed by atoms with Crippen molar-refractivity contribution in [3.63, 3.8) is 0 Å². The number of benzene rings is 2. The molecule has 6 heteroatoms. The van der Waals surface area contributed by atoms with Crippen LogP contribution in [0.3, 0.4) is 0 Å². The molecule has 5 nitrogen and oxygen atoms in total. The zero-order valence-electron chi connectivity index (χ0n) is 16.7. The smallest absolute Gasteiger partial charge is 0.266 e. The molecule has 0 unspecified atom stereocenters. The topological polar surface area (TPSA) is 71.5 Å². The first-order valence-corrected chi connectivity index (χ1v) is 11.5. The predicted octanol–water partition coefficient (Wildman–Crippen LogP) is 3.75. The molecule has 2 aliphatic rings. The van der Waals surface area contributed by atoms with Crippen molar-refractivity contribution in [1.82, 2.24) is 4.31 Å². The lowest BCUT2D eigenvalue weighted by molar-refractivity contribution is -0.129. The first-order valence-electron chi connectivity index (χ1n) is 10.0. The maximum atomic E-state index is 13.3. The molecule has 152 valence electrons. The summed E-state index contributed by atoms with van der Waals surface area (Å²) in [5.41, 5.74) is 2.47. The molecule has 0 radical (unpaired) electrons. The Labute approximate surface area is 171 Å². The Kier molecular flexibility index (Phi) is 5.07. The molecule has 1 aliphatic heterocycles. The highest BCUT2D eigenvalue weighted by Gasteiger charge is 2.52. The van der Waals surface area contributed by atoms with Gasteiger partial charge in [0.2, 0.25) is 5.91 Å². The normalized spacial score (nSPS) is 24.4. The van der Waals surface area contributed by atoms with Gasteiger partial charge in [0.1, 0.15) is 0 Å². The van der Waals surface area contributed by atoms with Gasteiger partial charge in [0.15, 0.2) is 5.78 Å². The second-order valence-electron chi connectivity index (χ2n) is 8.19. The zero-order chi connectivity index (χ0) is 20.8. The maximum Gasteiger partial charge on any atom is 0.266 e. The predicted molar refractivity (Wildman–Crippen MR) is 110 cm³/mol. The van der Waals surface area contributed by atoms with Crippen molar-refractivity contribution < 1.29 is 18.0 Å². The van der Waals surface area contributed by atoms with Gasteiger partial charge in [-0.25, -0.2) is 12.7 Å². The van der Waals surface area contributed by atoms with E-state index in [1.165, 1.54) is 12.1 Å². The summed E-state index contributed by atoms with van der Waals surface area (Å²) < 4.78 is 27.3. The van der Waals surface area contributed by atoms with Crippen LogP contribution in [-0.2, 0) is 14.8 Å². The van der Waals surface area contributed by atoms with Gasteiger partial charge in [-0.3, -0.25) is 9.59 Å². The third kappa shape index (κ3) is 3.39. The molecule has 29 heavy (non-hydrogen) atoms. The van der Waals surface area contributed by atoms with Crippen molar-refractivity contribution in [2.24, 2.45) is 17.8 Å². The number of carbonyl (C=O) groups excluding carboxylic acids is 2. The third-order valence-electron chi connectivity index (χ3n) is 6.32. The van der Waals surface area contributed by atoms with Crippen molar-refractivity contribution in [2.45, 2.75) is 38.0 Å². The van der Waals surface area contributed by atoms with Crippen molar-refractivity contribution in [3.8, 4) is 0 Å². The van der Waals surface area contributed by atoms with Crippen LogP contribution < -0.4 is 0 Å². The highest BCUT2D eigenvalue weighted by atomic mass is 32.2. The summed E-state index contributed by atoms with van der Waals surface area (Å²) in [6.07, 6.45) is 2.22. The van der Waals surface area contributed by atoms with Crippen LogP contribution in [0.25, 0.3) is 0 Å². The molecular formula is C23H25NO4S. The van der Waals surface area contributed by atoms with Gasteiger partial charge in [-0.05, 0) is 50.3 Å². The van der Waals surface area contributed by atoms with Crippen molar-refractivity contribution in [3.05, 3.63) is 65.2 Å². The van der Waals surface area contributed by atoms with Gasteiger partial charge in [0, 0.05) is 18.0 Å². The van der Waals surface area contributed by atoms with E-state index in [0.29, 0.717) is 12.0 Å². The summed E-state index contributed by atoms with van der Waals surface area (Å²) in [5.74, 6) is -1.59. The molecule has 2 aromatic carbocycles. The van der Waals surface area contributed by atoms with Crippen molar-refractivity contribution in [2.75, 3.05) is 6.54 Å². The fraction of sp³-hybridized carbons (Fsp3) is 0.391. The minimum Gasteiger partial charge on any atom is -0.294 e. The quantitative estimate of drug-likeness (QED) is 0.719. The summed E-state index contributed by atoms with van der Waals surface area (Å²) >= 11 is 0. The van der Waals surface area contributed by atoms with Crippen LogP contribution in [0.15, 0.2) is 53.4 Å². The summed E-state index contributed by atoms with van der Waals surface area (Å²) in [6.45, 7) is 3.93. The number of Topliss-reactive ketones (excluding diaryl/α,β-unsaturated/α-hetero) is 1. The largest absolute Gasteiger partial charge is 0.294 e. The number of amides is 1. The number of ketones is 1. The molecule has 0 N–H and O–H groups in total. The second kappa shape index (κ2) is 7.41. The molecule has 1 aliphatic carbocycles. The number of carbonyl (C=O) groups is 2. The van der Waals surface area contributed by atoms with Gasteiger partial charge in [-0.15, -0.1) is 0 Å². The number of rotatable bonds is 4. The standard InChI is InChI=1S/C23H25NO4S/c1-15-10-12-18(13-11-15)29(27,28)24-14-17-7-5-9-20(21(17)23(24)26)22(25)19-8-4-3-6-16(19)2/h3-4,6,8,10-13,17,20-21H,5,7,9,14H2,1-2H3/t17-,20+,21+/m0/s1. The number of nitrogens with zero attached hydrogens (tertiary/aromatic N) is 1. The van der Waals surface area contributed by atoms with Gasteiger partial charge < -0.3 is 0 Å². The number of fused-ring (bicyclic) bond motifs is 1. The number of aryl methyl sites for hydroxylation is 2. The average molecular weight is 412 g/mol. The summed E-state index contributed by atoms with van der Waals surface area (Å²) in [5, 5.41) is 0. The van der Waals surface area contributed by atoms with Gasteiger partial charge in [0.25, 0.3) is 10.0 Å². The number of hydrogen-bond acceptors (Lipinski definition) is 4. The SMILES string of the molecule is Cc1ccc(S(=O)(=O)N2C[C@@H]3CCC[C@@H](C(=O)c4ccccc4C)[C@@H]3C2=O)cc1. The van der Waals surface area contributed by atoms with Crippen molar-refractivity contribution >= 4 is 21.7 Å². The highest BCUT2D eigenvalue weighted by molar-refractivity contribution is 7.89. The van der Waals surface area contributed by atoms with Crippen LogP contribution in [0.4, 0.5) is 0 Å². The molecule has 0 aromatic heterocycles. The molecule has 1 amide bonds. The minimum absolute atomic E-state index is 0.0410. The zero-order valence-corrected chi connectivity index (χ0v) is 17.5. The minimum atomic E-state index is -3.91. The van der Waals surface area contributed by atoms with Crippen LogP contribution >= 0.6 is 0 Å². The van der Waals surface area contributed by atoms with E-state index in [2.05, 4.69) is 0 Å². The number of sulfonamides is 1. The fourth-order valence-corrected chi connectivity index (χ4v) is 6.21. The summed E-state index contributed by atoms with van der Waals surface area (Å²) in [4.78, 5) is 26.6. The van der Waals surface area contributed by atoms with Crippen LogP contribution in [0.2, 0.25) is 0 Å². The van der Waals surface area contributed by atoms with E-state index in [0.717, 1.165) is 28.3 Å². The van der Waals surface area contributed by atoms with E-state index >= 15 is 0 Å². The van der Waals surface area contributed by atoms with Gasteiger partial charge in [-0.2, -0.15) is 0 Å². The molecule has 4 rings (SSSR count). The number of hydrogen-bond donors (Lipinski definition) is 0. The molecule has 3 atom stereocenters. The average Bonchev–Trinajstić information content (AvgIpc) is 3.06. The molecule has 0 spiro atoms. The molecule has 1 heterocycles. The molecule has 2 fully saturated rings. The Balaban J connectivity index is 1.65. The van der Waals surface area contributed by atoms with Gasteiger partial charge in [-0.1, -0.05) is 48.4 Å². The lowest BCUT2D eigenvalue weighted by Crippen LogP contribution is -2.38. The Morgan fingerprint density at radius 3 is 2.38 bits per heavy atom. The second-order valence-corrected chi connectivity index (χ2v) is 10.1. The maximum absolute atomic E-state index is 13.3. The van der Waals surface area contributed by atoms with E-state index in [4.69, 9.17) is 0 Å². The van der Waals surface area contributed by atoms with E-state index in [1.54, 1.807) is 18.2 Å². The molecule has 1 saturated heterocycles. The van der Waals surface area contributed by atoms with E-state index in [1.807, 2.05) is 32.0 Å². The van der Waals surface area contributed by atoms with E-state index < -0.39 is 27.8 Å². The molecule has 1 saturated carbocycles. The van der Waals surface area contributed by atoms with E-state index in [9.17, 15) is 18.0 Å². The molecule has 0 bridgehead atoms. The van der Waals surface area contributed by atoms with Crippen LogP contribution in [0.5, 0.6) is 0 Å². The van der Waals surface area contributed by atoms with Crippen LogP contribution in [-0.4, -0.2) is 31.0 Å². The Morgan fingerprint density at radius 1 is 1.00 bits per heavy atom. The summed E-state index contributed by atoms with van der Waals surface area (Å²) in [7, 11) is -3.91. The first-order chi connectivity index (χ1) is 13.8. The Hall–Kier alpha value is -2.47. The monoisotopic (exact) mass is 411 g/mol. The highest BCUT2D eigenvalue weighted by Crippen LogP contribution is 2.44. The van der Waals surface area contributed by atoms with Crippen LogP contribution in [0, 0.1) is 31.6 Å². The summed E-state index contributed by atoms with van der Waals surface area (Å²) in [6, 6.07) is 13.9. The lowest BCUT2D eigenvalue weighted by atomic mass is 9.70. The molecule has 2 aromatic rings. The fourth-order valence-electron chi connectivity index (χ4n) is 4.73. The van der Waals surface area contributed by atoms with Gasteiger partial charge in [0.05, 0.1) is 10.8 Å². The van der Waals surface area contributed by atoms with Gasteiger partial charge >= 0.3 is 0 Å². The first kappa shape index (κ1) is 19.8. The Bertz CT molecular complexity index is 1060. The lowest BCUT2D eigenvalue weighted by Gasteiger charge is -2.30.